The monoisotopic (exact) mass is 275 g/mol. The number of hydrogen-bond acceptors (Lipinski definition) is 2. The van der Waals surface area contributed by atoms with Crippen LogP contribution in [0.15, 0.2) is 29.6 Å². The molecule has 0 fully saturated rings. The van der Waals surface area contributed by atoms with E-state index in [0.717, 1.165) is 6.42 Å². The molecule has 0 bridgehead atoms. The maximum absolute atomic E-state index is 6.48. The molecule has 2 N–H and O–H groups in total. The van der Waals surface area contributed by atoms with Gasteiger partial charge in [0.1, 0.15) is 0 Å². The molecule has 0 aliphatic heterocycles. The van der Waals surface area contributed by atoms with Gasteiger partial charge < -0.3 is 5.73 Å². The van der Waals surface area contributed by atoms with E-state index in [-0.39, 0.29) is 0 Å². The van der Waals surface area contributed by atoms with Gasteiger partial charge >= 0.3 is 0 Å². The van der Waals surface area contributed by atoms with Gasteiger partial charge in [-0.05, 0) is 47.6 Å². The third kappa shape index (κ3) is 3.58. The van der Waals surface area contributed by atoms with Crippen LogP contribution in [0.25, 0.3) is 10.1 Å². The fraction of sp³-hybridized carbons (Fsp3) is 0.529. The van der Waals surface area contributed by atoms with Gasteiger partial charge in [-0.25, -0.2) is 0 Å². The van der Waals surface area contributed by atoms with E-state index in [0.29, 0.717) is 12.0 Å². The third-order valence-corrected chi connectivity index (χ3v) is 4.95. The molecule has 0 aliphatic rings. The van der Waals surface area contributed by atoms with E-state index in [4.69, 9.17) is 5.73 Å². The number of rotatable bonds is 7. The minimum Gasteiger partial charge on any atom is -0.327 e. The lowest BCUT2D eigenvalue weighted by atomic mass is 9.87. The van der Waals surface area contributed by atoms with Crippen molar-refractivity contribution in [3.63, 3.8) is 0 Å². The standard InChI is InChI=1S/C17H25NS/c1-3-7-13(8-4-2)16(18)11-14-12-19-17-10-6-5-9-15(14)17/h5-6,9-10,12-13,16H,3-4,7-8,11,18H2,1-2H3. The number of nitrogens with two attached hydrogens (primary N) is 1. The zero-order valence-corrected chi connectivity index (χ0v) is 12.9. The van der Waals surface area contributed by atoms with Crippen LogP contribution in [0, 0.1) is 5.92 Å². The lowest BCUT2D eigenvalue weighted by Crippen LogP contribution is -2.32. The lowest BCUT2D eigenvalue weighted by molar-refractivity contribution is 0.360. The number of thiophene rings is 1. The van der Waals surface area contributed by atoms with Gasteiger partial charge in [-0.3, -0.25) is 0 Å². The first kappa shape index (κ1) is 14.5. The van der Waals surface area contributed by atoms with E-state index in [1.54, 1.807) is 0 Å². The first-order valence-electron chi connectivity index (χ1n) is 7.47. The van der Waals surface area contributed by atoms with Gasteiger partial charge in [-0.2, -0.15) is 0 Å². The van der Waals surface area contributed by atoms with Gasteiger partial charge in [0.2, 0.25) is 0 Å². The summed E-state index contributed by atoms with van der Waals surface area (Å²) in [5.41, 5.74) is 7.91. The molecule has 1 heterocycles. The second-order valence-electron chi connectivity index (χ2n) is 5.46. The van der Waals surface area contributed by atoms with Gasteiger partial charge in [0.15, 0.2) is 0 Å². The first-order chi connectivity index (χ1) is 9.26. The van der Waals surface area contributed by atoms with Crippen molar-refractivity contribution in [1.82, 2.24) is 0 Å². The highest BCUT2D eigenvalue weighted by molar-refractivity contribution is 7.17. The normalized spacial score (nSPS) is 13.3. The van der Waals surface area contributed by atoms with E-state index < -0.39 is 0 Å². The molecule has 1 aromatic heterocycles. The molecule has 2 aromatic rings. The highest BCUT2D eigenvalue weighted by Gasteiger charge is 2.18. The maximum atomic E-state index is 6.48. The number of fused-ring (bicyclic) bond motifs is 1. The summed E-state index contributed by atoms with van der Waals surface area (Å²) in [7, 11) is 0. The summed E-state index contributed by atoms with van der Waals surface area (Å²) < 4.78 is 1.38. The Morgan fingerprint density at radius 3 is 2.47 bits per heavy atom. The van der Waals surface area contributed by atoms with Crippen molar-refractivity contribution in [2.24, 2.45) is 11.7 Å². The summed E-state index contributed by atoms with van der Waals surface area (Å²) in [6, 6.07) is 8.96. The van der Waals surface area contributed by atoms with E-state index in [2.05, 4.69) is 43.5 Å². The van der Waals surface area contributed by atoms with Crippen LogP contribution in [0.2, 0.25) is 0 Å². The number of benzene rings is 1. The van der Waals surface area contributed by atoms with E-state index in [9.17, 15) is 0 Å². The van der Waals surface area contributed by atoms with Gasteiger partial charge in [0.05, 0.1) is 0 Å². The largest absolute Gasteiger partial charge is 0.327 e. The molecule has 1 aromatic carbocycles. The van der Waals surface area contributed by atoms with E-state index in [1.165, 1.54) is 41.3 Å². The minimum absolute atomic E-state index is 0.304. The van der Waals surface area contributed by atoms with Crippen LogP contribution in [0.1, 0.15) is 45.1 Å². The molecular weight excluding hydrogens is 250 g/mol. The van der Waals surface area contributed by atoms with Crippen molar-refractivity contribution < 1.29 is 0 Å². The predicted molar refractivity (Wildman–Crippen MR) is 86.8 cm³/mol. The molecule has 0 saturated heterocycles. The van der Waals surface area contributed by atoms with Gasteiger partial charge in [0.25, 0.3) is 0 Å². The summed E-state index contributed by atoms with van der Waals surface area (Å²) >= 11 is 1.84. The summed E-state index contributed by atoms with van der Waals surface area (Å²) in [6.07, 6.45) is 6.02. The summed E-state index contributed by atoms with van der Waals surface area (Å²) in [6.45, 7) is 4.52. The molecule has 104 valence electrons. The predicted octanol–water partition coefficient (Wildman–Crippen LogP) is 4.99. The molecule has 0 aliphatic carbocycles. The van der Waals surface area contributed by atoms with Crippen molar-refractivity contribution in [1.29, 1.82) is 0 Å². The summed E-state index contributed by atoms with van der Waals surface area (Å²) in [5, 5.41) is 3.69. The molecule has 1 atom stereocenters. The van der Waals surface area contributed by atoms with Crippen LogP contribution < -0.4 is 5.73 Å². The Morgan fingerprint density at radius 2 is 1.79 bits per heavy atom. The fourth-order valence-electron chi connectivity index (χ4n) is 2.93. The van der Waals surface area contributed by atoms with Crippen LogP contribution in [-0.2, 0) is 6.42 Å². The molecule has 2 rings (SSSR count). The third-order valence-electron chi connectivity index (χ3n) is 3.94. The quantitative estimate of drug-likeness (QED) is 0.757. The van der Waals surface area contributed by atoms with Crippen molar-refractivity contribution in [3.05, 3.63) is 35.2 Å². The van der Waals surface area contributed by atoms with Crippen LogP contribution in [0.4, 0.5) is 0 Å². The SMILES string of the molecule is CCCC(CCC)C(N)Cc1csc2ccccc12. The smallest absolute Gasteiger partial charge is 0.0345 e. The average molecular weight is 275 g/mol. The Labute approximate surface area is 120 Å². The first-order valence-corrected chi connectivity index (χ1v) is 8.34. The zero-order valence-electron chi connectivity index (χ0n) is 12.1. The molecule has 2 heteroatoms. The van der Waals surface area contributed by atoms with Crippen molar-refractivity contribution >= 4 is 21.4 Å². The summed E-state index contributed by atoms with van der Waals surface area (Å²) in [5.74, 6) is 0.675. The summed E-state index contributed by atoms with van der Waals surface area (Å²) in [4.78, 5) is 0. The molecule has 1 unspecified atom stereocenters. The topological polar surface area (TPSA) is 26.0 Å². The zero-order chi connectivity index (χ0) is 13.7. The van der Waals surface area contributed by atoms with Crippen LogP contribution in [-0.4, -0.2) is 6.04 Å². The Hall–Kier alpha value is -0.860. The molecular formula is C17H25NS. The molecule has 0 radical (unpaired) electrons. The number of hydrogen-bond donors (Lipinski definition) is 1. The lowest BCUT2D eigenvalue weighted by Gasteiger charge is -2.23. The average Bonchev–Trinajstić information content (AvgIpc) is 2.82. The van der Waals surface area contributed by atoms with Crippen molar-refractivity contribution in [2.45, 2.75) is 52.0 Å². The molecule has 1 nitrogen and oxygen atoms in total. The molecule has 19 heavy (non-hydrogen) atoms. The van der Waals surface area contributed by atoms with Gasteiger partial charge in [0, 0.05) is 10.7 Å². The molecule has 0 saturated carbocycles. The Morgan fingerprint density at radius 1 is 1.11 bits per heavy atom. The van der Waals surface area contributed by atoms with Gasteiger partial charge in [-0.1, -0.05) is 44.9 Å². The Balaban J connectivity index is 2.10. The van der Waals surface area contributed by atoms with Crippen LogP contribution >= 0.6 is 11.3 Å². The fourth-order valence-corrected chi connectivity index (χ4v) is 3.90. The maximum Gasteiger partial charge on any atom is 0.0345 e. The van der Waals surface area contributed by atoms with Crippen molar-refractivity contribution in [3.8, 4) is 0 Å². The van der Waals surface area contributed by atoms with Crippen LogP contribution in [0.5, 0.6) is 0 Å². The highest BCUT2D eigenvalue weighted by atomic mass is 32.1. The second kappa shape index (κ2) is 7.06. The van der Waals surface area contributed by atoms with Crippen molar-refractivity contribution in [2.75, 3.05) is 0 Å². The van der Waals surface area contributed by atoms with Gasteiger partial charge in [-0.15, -0.1) is 11.3 Å². The van der Waals surface area contributed by atoms with Crippen LogP contribution in [0.3, 0.4) is 0 Å². The molecule has 0 amide bonds. The highest BCUT2D eigenvalue weighted by Crippen LogP contribution is 2.28. The van der Waals surface area contributed by atoms with E-state index in [1.807, 2.05) is 11.3 Å². The molecule has 0 spiro atoms. The Kier molecular flexibility index (Phi) is 5.41. The Bertz CT molecular complexity index is 497. The second-order valence-corrected chi connectivity index (χ2v) is 6.37. The van der Waals surface area contributed by atoms with E-state index >= 15 is 0 Å². The minimum atomic E-state index is 0.304.